The van der Waals surface area contributed by atoms with Gasteiger partial charge in [0, 0.05) is 12.1 Å². The molecular formula is C16H22ClNO. The molecule has 2 nitrogen and oxygen atoms in total. The number of hydrogen-bond donors (Lipinski definition) is 1. The lowest BCUT2D eigenvalue weighted by atomic mass is 9.98. The van der Waals surface area contributed by atoms with Crippen LogP contribution in [-0.2, 0) is 11.2 Å². The molecule has 1 heterocycles. The SMILES string of the molecule is CC(C)CCC(Cl)c1ccc2c(c1)CCCC(=O)N2. The highest BCUT2D eigenvalue weighted by atomic mass is 35.5. The lowest BCUT2D eigenvalue weighted by Gasteiger charge is -2.14. The van der Waals surface area contributed by atoms with Gasteiger partial charge in [0.15, 0.2) is 0 Å². The molecule has 1 aromatic rings. The molecule has 1 amide bonds. The topological polar surface area (TPSA) is 29.1 Å². The molecule has 0 fully saturated rings. The molecule has 0 radical (unpaired) electrons. The van der Waals surface area contributed by atoms with Crippen LogP contribution in [0.1, 0.15) is 56.0 Å². The van der Waals surface area contributed by atoms with Crippen LogP contribution in [0.4, 0.5) is 5.69 Å². The number of nitrogens with one attached hydrogen (secondary N) is 1. The zero-order valence-corrected chi connectivity index (χ0v) is 12.5. The van der Waals surface area contributed by atoms with Crippen molar-refractivity contribution in [1.29, 1.82) is 0 Å². The normalized spacial score (nSPS) is 16.7. The van der Waals surface area contributed by atoms with Crippen LogP contribution in [0.25, 0.3) is 0 Å². The van der Waals surface area contributed by atoms with E-state index in [1.54, 1.807) is 0 Å². The Balaban J connectivity index is 2.11. The first-order valence-corrected chi connectivity index (χ1v) is 7.56. The summed E-state index contributed by atoms with van der Waals surface area (Å²) in [5.41, 5.74) is 3.36. The van der Waals surface area contributed by atoms with E-state index in [-0.39, 0.29) is 11.3 Å². The smallest absolute Gasteiger partial charge is 0.224 e. The lowest BCUT2D eigenvalue weighted by molar-refractivity contribution is -0.116. The third kappa shape index (κ3) is 3.97. The fourth-order valence-electron chi connectivity index (χ4n) is 2.44. The van der Waals surface area contributed by atoms with Gasteiger partial charge < -0.3 is 5.32 Å². The number of benzene rings is 1. The Hall–Kier alpha value is -1.02. The predicted molar refractivity (Wildman–Crippen MR) is 80.7 cm³/mol. The van der Waals surface area contributed by atoms with Crippen molar-refractivity contribution in [3.8, 4) is 0 Å². The van der Waals surface area contributed by atoms with Crippen LogP contribution in [-0.4, -0.2) is 5.91 Å². The maximum atomic E-state index is 11.5. The Morgan fingerprint density at radius 2 is 2.05 bits per heavy atom. The van der Waals surface area contributed by atoms with Crippen molar-refractivity contribution < 1.29 is 4.79 Å². The summed E-state index contributed by atoms with van der Waals surface area (Å²) in [5.74, 6) is 0.801. The van der Waals surface area contributed by atoms with Gasteiger partial charge in [-0.3, -0.25) is 4.79 Å². The van der Waals surface area contributed by atoms with Crippen LogP contribution >= 0.6 is 11.6 Å². The highest BCUT2D eigenvalue weighted by Gasteiger charge is 2.15. The highest BCUT2D eigenvalue weighted by molar-refractivity contribution is 6.20. The minimum absolute atomic E-state index is 0.0756. The first-order valence-electron chi connectivity index (χ1n) is 7.13. The number of carbonyl (C=O) groups excluding carboxylic acids is 1. The van der Waals surface area contributed by atoms with Crippen molar-refractivity contribution in [3.05, 3.63) is 29.3 Å². The molecule has 0 saturated carbocycles. The van der Waals surface area contributed by atoms with Gasteiger partial charge in [0.1, 0.15) is 0 Å². The first kappa shape index (κ1) is 14.4. The van der Waals surface area contributed by atoms with Crippen LogP contribution in [0, 0.1) is 5.92 Å². The van der Waals surface area contributed by atoms with Crippen molar-refractivity contribution in [3.63, 3.8) is 0 Å². The first-order chi connectivity index (χ1) is 9.06. The second-order valence-corrected chi connectivity index (χ2v) is 6.28. The molecule has 0 saturated heterocycles. The molecule has 1 aromatic carbocycles. The summed E-state index contributed by atoms with van der Waals surface area (Å²) in [6.07, 6.45) is 4.63. The van der Waals surface area contributed by atoms with Crippen LogP contribution in [0.15, 0.2) is 18.2 Å². The summed E-state index contributed by atoms with van der Waals surface area (Å²) in [7, 11) is 0. The minimum atomic E-state index is 0.0756. The summed E-state index contributed by atoms with van der Waals surface area (Å²) >= 11 is 6.47. The molecule has 0 bridgehead atoms. The van der Waals surface area contributed by atoms with Crippen molar-refractivity contribution in [2.75, 3.05) is 5.32 Å². The van der Waals surface area contributed by atoms with E-state index in [0.717, 1.165) is 31.4 Å². The maximum absolute atomic E-state index is 11.5. The molecule has 1 N–H and O–H groups in total. The zero-order chi connectivity index (χ0) is 13.8. The van der Waals surface area contributed by atoms with Gasteiger partial charge >= 0.3 is 0 Å². The highest BCUT2D eigenvalue weighted by Crippen LogP contribution is 2.31. The summed E-state index contributed by atoms with van der Waals surface area (Å²) < 4.78 is 0. The fraction of sp³-hybridized carbons (Fsp3) is 0.562. The Morgan fingerprint density at radius 1 is 1.26 bits per heavy atom. The number of hydrogen-bond acceptors (Lipinski definition) is 1. The van der Waals surface area contributed by atoms with E-state index in [1.807, 2.05) is 12.1 Å². The number of fused-ring (bicyclic) bond motifs is 1. The van der Waals surface area contributed by atoms with E-state index in [4.69, 9.17) is 11.6 Å². The monoisotopic (exact) mass is 279 g/mol. The Labute approximate surface area is 120 Å². The number of carbonyl (C=O) groups is 1. The summed E-state index contributed by atoms with van der Waals surface area (Å²) in [6.45, 7) is 4.44. The summed E-state index contributed by atoms with van der Waals surface area (Å²) in [5, 5.41) is 3.03. The average molecular weight is 280 g/mol. The number of alkyl halides is 1. The molecule has 1 aliphatic rings. The molecule has 1 unspecified atom stereocenters. The van der Waals surface area contributed by atoms with Crippen LogP contribution < -0.4 is 5.32 Å². The summed E-state index contributed by atoms with van der Waals surface area (Å²) in [4.78, 5) is 11.5. The molecule has 0 aromatic heterocycles. The average Bonchev–Trinajstić information content (AvgIpc) is 2.55. The van der Waals surface area contributed by atoms with Gasteiger partial charge in [-0.15, -0.1) is 11.6 Å². The molecule has 3 heteroatoms. The molecule has 1 aliphatic heterocycles. The van der Waals surface area contributed by atoms with Crippen molar-refractivity contribution >= 4 is 23.2 Å². The Kier molecular flexibility index (Phi) is 4.87. The molecule has 2 rings (SSSR count). The molecule has 104 valence electrons. The summed E-state index contributed by atoms with van der Waals surface area (Å²) in [6, 6.07) is 6.21. The van der Waals surface area contributed by atoms with E-state index in [2.05, 4.69) is 25.2 Å². The van der Waals surface area contributed by atoms with Gasteiger partial charge in [0.2, 0.25) is 5.91 Å². The quantitative estimate of drug-likeness (QED) is 0.797. The van der Waals surface area contributed by atoms with E-state index in [0.29, 0.717) is 12.3 Å². The third-order valence-corrected chi connectivity index (χ3v) is 4.08. The second kappa shape index (κ2) is 6.42. The van der Waals surface area contributed by atoms with Crippen LogP contribution in [0.3, 0.4) is 0 Å². The minimum Gasteiger partial charge on any atom is -0.326 e. The standard InChI is InChI=1S/C16H22ClNO/c1-11(2)6-8-14(17)12-7-9-15-13(10-12)4-3-5-16(19)18-15/h7,9-11,14H,3-6,8H2,1-2H3,(H,18,19). The molecule has 0 aliphatic carbocycles. The van der Waals surface area contributed by atoms with Crippen molar-refractivity contribution in [2.45, 2.75) is 51.3 Å². The van der Waals surface area contributed by atoms with Crippen molar-refractivity contribution in [2.24, 2.45) is 5.92 Å². The maximum Gasteiger partial charge on any atom is 0.224 e. The number of amides is 1. The van der Waals surface area contributed by atoms with Crippen molar-refractivity contribution in [1.82, 2.24) is 0 Å². The van der Waals surface area contributed by atoms with Crippen LogP contribution in [0.2, 0.25) is 0 Å². The third-order valence-electron chi connectivity index (χ3n) is 3.61. The molecule has 19 heavy (non-hydrogen) atoms. The lowest BCUT2D eigenvalue weighted by Crippen LogP contribution is -2.09. The van der Waals surface area contributed by atoms with E-state index < -0.39 is 0 Å². The van der Waals surface area contributed by atoms with E-state index >= 15 is 0 Å². The fourth-order valence-corrected chi connectivity index (χ4v) is 2.70. The van der Waals surface area contributed by atoms with Gasteiger partial charge in [-0.2, -0.15) is 0 Å². The Morgan fingerprint density at radius 3 is 2.79 bits per heavy atom. The van der Waals surface area contributed by atoms with Gasteiger partial charge in [0.05, 0.1) is 5.38 Å². The zero-order valence-electron chi connectivity index (χ0n) is 11.7. The number of aryl methyl sites for hydroxylation is 1. The van der Waals surface area contributed by atoms with Gasteiger partial charge in [0.25, 0.3) is 0 Å². The number of rotatable bonds is 4. The van der Waals surface area contributed by atoms with Gasteiger partial charge in [-0.05, 0) is 48.8 Å². The molecule has 0 spiro atoms. The molecular weight excluding hydrogens is 258 g/mol. The van der Waals surface area contributed by atoms with Gasteiger partial charge in [-0.25, -0.2) is 0 Å². The van der Waals surface area contributed by atoms with E-state index in [9.17, 15) is 4.79 Å². The Bertz CT molecular complexity index is 456. The molecule has 1 atom stereocenters. The largest absolute Gasteiger partial charge is 0.326 e. The number of anilines is 1. The second-order valence-electron chi connectivity index (χ2n) is 5.76. The van der Waals surface area contributed by atoms with E-state index in [1.165, 1.54) is 11.1 Å². The predicted octanol–water partition coefficient (Wildman–Crippen LogP) is 4.68. The van der Waals surface area contributed by atoms with Gasteiger partial charge in [-0.1, -0.05) is 26.0 Å². The van der Waals surface area contributed by atoms with Crippen LogP contribution in [0.5, 0.6) is 0 Å². The number of halogens is 1.